The van der Waals surface area contributed by atoms with Crippen molar-refractivity contribution in [2.75, 3.05) is 20.7 Å². The third-order valence-corrected chi connectivity index (χ3v) is 5.01. The smallest absolute Gasteiger partial charge is 0.259 e. The Bertz CT molecular complexity index is 833. The van der Waals surface area contributed by atoms with Gasteiger partial charge in [0.1, 0.15) is 5.75 Å². The van der Waals surface area contributed by atoms with Crippen molar-refractivity contribution in [1.29, 1.82) is 0 Å². The van der Waals surface area contributed by atoms with E-state index in [-0.39, 0.29) is 24.0 Å². The maximum atomic E-state index is 12.4. The standard InChI is InChI=1S/C18H22N2O4S/c1-14-11-16(9-10-17(14)24-13-18(21)20(2)3)25(22,23)19-12-15-7-5-4-6-8-15/h4-11,19H,12-13H2,1-3H3. The number of likely N-dealkylation sites (N-methyl/N-ethyl adjacent to an activating group) is 1. The summed E-state index contributed by atoms with van der Waals surface area (Å²) in [5, 5.41) is 0. The summed E-state index contributed by atoms with van der Waals surface area (Å²) in [6.07, 6.45) is 0. The second-order valence-corrected chi connectivity index (χ2v) is 7.58. The van der Waals surface area contributed by atoms with Crippen LogP contribution < -0.4 is 9.46 Å². The zero-order chi connectivity index (χ0) is 18.4. The van der Waals surface area contributed by atoms with E-state index in [4.69, 9.17) is 4.74 Å². The molecule has 2 rings (SSSR count). The SMILES string of the molecule is Cc1cc(S(=O)(=O)NCc2ccccc2)ccc1OCC(=O)N(C)C. The molecule has 0 saturated heterocycles. The molecule has 0 spiro atoms. The number of rotatable bonds is 7. The lowest BCUT2D eigenvalue weighted by molar-refractivity contribution is -0.130. The van der Waals surface area contributed by atoms with Gasteiger partial charge in [-0.1, -0.05) is 30.3 Å². The lowest BCUT2D eigenvalue weighted by atomic mass is 10.2. The van der Waals surface area contributed by atoms with Crippen LogP contribution in [0, 0.1) is 6.92 Å². The summed E-state index contributed by atoms with van der Waals surface area (Å²) in [7, 11) is -0.332. The molecule has 0 radical (unpaired) electrons. The van der Waals surface area contributed by atoms with Gasteiger partial charge in [0.15, 0.2) is 6.61 Å². The summed E-state index contributed by atoms with van der Waals surface area (Å²) in [5.41, 5.74) is 1.53. The van der Waals surface area contributed by atoms with Crippen molar-refractivity contribution in [3.63, 3.8) is 0 Å². The van der Waals surface area contributed by atoms with Gasteiger partial charge in [-0.15, -0.1) is 0 Å². The third kappa shape index (κ3) is 5.30. The number of nitrogens with one attached hydrogen (secondary N) is 1. The topological polar surface area (TPSA) is 75.7 Å². The van der Waals surface area contributed by atoms with Crippen LogP contribution in [0.4, 0.5) is 0 Å². The molecule has 7 heteroatoms. The number of nitrogens with zero attached hydrogens (tertiary/aromatic N) is 1. The minimum atomic E-state index is -3.62. The fourth-order valence-corrected chi connectivity index (χ4v) is 3.18. The molecular weight excluding hydrogens is 340 g/mol. The van der Waals surface area contributed by atoms with Crippen molar-refractivity contribution in [2.45, 2.75) is 18.4 Å². The van der Waals surface area contributed by atoms with Crippen LogP contribution in [0.25, 0.3) is 0 Å². The zero-order valence-electron chi connectivity index (χ0n) is 14.5. The first kappa shape index (κ1) is 19.0. The molecule has 0 aliphatic carbocycles. The lowest BCUT2D eigenvalue weighted by Gasteiger charge is -2.14. The largest absolute Gasteiger partial charge is 0.483 e. The number of hydrogen-bond acceptors (Lipinski definition) is 4. The molecule has 0 bridgehead atoms. The molecule has 25 heavy (non-hydrogen) atoms. The predicted octanol–water partition coefficient (Wildman–Crippen LogP) is 1.94. The molecule has 2 aromatic rings. The van der Waals surface area contributed by atoms with E-state index in [1.165, 1.54) is 17.0 Å². The van der Waals surface area contributed by atoms with Crippen molar-refractivity contribution < 1.29 is 17.9 Å². The monoisotopic (exact) mass is 362 g/mol. The molecule has 0 atom stereocenters. The first-order valence-corrected chi connectivity index (χ1v) is 9.25. The Morgan fingerprint density at radius 3 is 2.40 bits per heavy atom. The summed E-state index contributed by atoms with van der Waals surface area (Å²) < 4.78 is 32.8. The van der Waals surface area contributed by atoms with Crippen LogP contribution in [0.2, 0.25) is 0 Å². The third-order valence-electron chi connectivity index (χ3n) is 3.62. The van der Waals surface area contributed by atoms with Crippen LogP contribution in [0.3, 0.4) is 0 Å². The Morgan fingerprint density at radius 2 is 1.80 bits per heavy atom. The van der Waals surface area contributed by atoms with E-state index >= 15 is 0 Å². The molecule has 134 valence electrons. The fourth-order valence-electron chi connectivity index (χ4n) is 2.08. The van der Waals surface area contributed by atoms with Crippen molar-refractivity contribution in [1.82, 2.24) is 9.62 Å². The number of sulfonamides is 1. The fraction of sp³-hybridized carbons (Fsp3) is 0.278. The van der Waals surface area contributed by atoms with E-state index in [2.05, 4.69) is 4.72 Å². The van der Waals surface area contributed by atoms with E-state index in [0.29, 0.717) is 11.3 Å². The number of benzene rings is 2. The van der Waals surface area contributed by atoms with E-state index in [1.807, 2.05) is 30.3 Å². The van der Waals surface area contributed by atoms with Gasteiger partial charge in [0.2, 0.25) is 10.0 Å². The molecular formula is C18H22N2O4S. The number of ether oxygens (including phenoxy) is 1. The van der Waals surface area contributed by atoms with Crippen LogP contribution in [-0.4, -0.2) is 39.9 Å². The van der Waals surface area contributed by atoms with Gasteiger partial charge < -0.3 is 9.64 Å². The first-order valence-electron chi connectivity index (χ1n) is 7.77. The summed E-state index contributed by atoms with van der Waals surface area (Å²) in [6.45, 7) is 1.87. The second kappa shape index (κ2) is 8.13. The summed E-state index contributed by atoms with van der Waals surface area (Å²) in [6, 6.07) is 13.9. The van der Waals surface area contributed by atoms with Gasteiger partial charge in [-0.3, -0.25) is 4.79 Å². The minimum absolute atomic E-state index is 0.0911. The molecule has 0 fully saturated rings. The highest BCUT2D eigenvalue weighted by Crippen LogP contribution is 2.22. The molecule has 0 heterocycles. The zero-order valence-corrected chi connectivity index (χ0v) is 15.3. The molecule has 2 aromatic carbocycles. The van der Waals surface area contributed by atoms with Crippen LogP contribution in [0.5, 0.6) is 5.75 Å². The van der Waals surface area contributed by atoms with E-state index in [0.717, 1.165) is 5.56 Å². The summed E-state index contributed by atoms with van der Waals surface area (Å²) in [4.78, 5) is 13.2. The number of carbonyl (C=O) groups excluding carboxylic acids is 1. The summed E-state index contributed by atoms with van der Waals surface area (Å²) >= 11 is 0. The van der Waals surface area contributed by atoms with Gasteiger partial charge in [0.25, 0.3) is 5.91 Å². The van der Waals surface area contributed by atoms with Crippen LogP contribution >= 0.6 is 0 Å². The second-order valence-electron chi connectivity index (χ2n) is 5.81. The molecule has 0 saturated carbocycles. The van der Waals surface area contributed by atoms with Crippen molar-refractivity contribution in [3.05, 3.63) is 59.7 Å². The lowest BCUT2D eigenvalue weighted by Crippen LogP contribution is -2.27. The molecule has 0 unspecified atom stereocenters. The van der Waals surface area contributed by atoms with Crippen LogP contribution in [0.1, 0.15) is 11.1 Å². The maximum absolute atomic E-state index is 12.4. The molecule has 1 N–H and O–H groups in total. The van der Waals surface area contributed by atoms with Crippen LogP contribution in [0.15, 0.2) is 53.4 Å². The first-order chi connectivity index (χ1) is 11.8. The Labute approximate surface area is 148 Å². The average molecular weight is 362 g/mol. The van der Waals surface area contributed by atoms with E-state index in [1.54, 1.807) is 27.1 Å². The van der Waals surface area contributed by atoms with Crippen molar-refractivity contribution in [2.24, 2.45) is 0 Å². The minimum Gasteiger partial charge on any atom is -0.483 e. The van der Waals surface area contributed by atoms with Gasteiger partial charge in [0, 0.05) is 20.6 Å². The molecule has 1 amide bonds. The Kier molecular flexibility index (Phi) is 6.17. The predicted molar refractivity (Wildman–Crippen MR) is 95.8 cm³/mol. The highest BCUT2D eigenvalue weighted by Gasteiger charge is 2.16. The molecule has 0 aliphatic heterocycles. The maximum Gasteiger partial charge on any atom is 0.259 e. The molecule has 0 aromatic heterocycles. The highest BCUT2D eigenvalue weighted by molar-refractivity contribution is 7.89. The molecule has 0 aliphatic rings. The van der Waals surface area contributed by atoms with Crippen molar-refractivity contribution >= 4 is 15.9 Å². The Hall–Kier alpha value is -2.38. The van der Waals surface area contributed by atoms with Crippen molar-refractivity contribution in [3.8, 4) is 5.75 Å². The number of aryl methyl sites for hydroxylation is 1. The quantitative estimate of drug-likeness (QED) is 0.817. The normalized spacial score (nSPS) is 11.2. The number of amides is 1. The number of carbonyl (C=O) groups is 1. The summed E-state index contributed by atoms with van der Waals surface area (Å²) in [5.74, 6) is 0.317. The molecule has 6 nitrogen and oxygen atoms in total. The van der Waals surface area contributed by atoms with Gasteiger partial charge in [-0.25, -0.2) is 13.1 Å². The van der Waals surface area contributed by atoms with E-state index < -0.39 is 10.0 Å². The number of hydrogen-bond donors (Lipinski definition) is 1. The highest BCUT2D eigenvalue weighted by atomic mass is 32.2. The van der Waals surface area contributed by atoms with Gasteiger partial charge >= 0.3 is 0 Å². The Morgan fingerprint density at radius 1 is 1.12 bits per heavy atom. The Balaban J connectivity index is 2.06. The van der Waals surface area contributed by atoms with Gasteiger partial charge in [-0.05, 0) is 36.2 Å². The van der Waals surface area contributed by atoms with E-state index in [9.17, 15) is 13.2 Å². The van der Waals surface area contributed by atoms with Crippen LogP contribution in [-0.2, 0) is 21.4 Å². The van der Waals surface area contributed by atoms with Gasteiger partial charge in [0.05, 0.1) is 4.90 Å². The van der Waals surface area contributed by atoms with Gasteiger partial charge in [-0.2, -0.15) is 0 Å². The average Bonchev–Trinajstić information content (AvgIpc) is 2.59.